The summed E-state index contributed by atoms with van der Waals surface area (Å²) in [5.41, 5.74) is -0.142. The van der Waals surface area contributed by atoms with Crippen molar-refractivity contribution < 1.29 is 14.5 Å². The molecule has 1 fully saturated rings. The molecule has 1 saturated heterocycles. The zero-order chi connectivity index (χ0) is 15.4. The van der Waals surface area contributed by atoms with E-state index in [4.69, 9.17) is 4.74 Å². The van der Waals surface area contributed by atoms with Crippen LogP contribution in [0.15, 0.2) is 6.33 Å². The average molecular weight is 295 g/mol. The highest BCUT2D eigenvalue weighted by molar-refractivity contribution is 5.73. The normalized spacial score (nSPS) is 15.6. The van der Waals surface area contributed by atoms with E-state index >= 15 is 0 Å². The Morgan fingerprint density at radius 1 is 1.48 bits per heavy atom. The lowest BCUT2D eigenvalue weighted by atomic mass is 9.97. The molecule has 9 nitrogen and oxygen atoms in total. The molecule has 0 bridgehead atoms. The second-order valence-electron chi connectivity index (χ2n) is 4.69. The van der Waals surface area contributed by atoms with Gasteiger partial charge in [-0.05, 0) is 12.8 Å². The highest BCUT2D eigenvalue weighted by atomic mass is 16.6. The van der Waals surface area contributed by atoms with E-state index in [0.29, 0.717) is 25.9 Å². The Morgan fingerprint density at radius 3 is 2.67 bits per heavy atom. The van der Waals surface area contributed by atoms with Gasteiger partial charge in [0.15, 0.2) is 0 Å². The number of piperidine rings is 1. The molecule has 114 valence electrons. The van der Waals surface area contributed by atoms with E-state index < -0.39 is 4.92 Å². The Kier molecular flexibility index (Phi) is 4.51. The third-order valence-corrected chi connectivity index (χ3v) is 3.55. The van der Waals surface area contributed by atoms with Crippen molar-refractivity contribution in [2.75, 3.05) is 37.5 Å². The molecule has 0 amide bonds. The summed E-state index contributed by atoms with van der Waals surface area (Å²) in [4.78, 5) is 32.0. The van der Waals surface area contributed by atoms with Crippen molar-refractivity contribution in [3.05, 3.63) is 16.4 Å². The quantitative estimate of drug-likeness (QED) is 0.493. The first-order chi connectivity index (χ1) is 10.1. The zero-order valence-corrected chi connectivity index (χ0v) is 11.9. The number of nitrogens with zero attached hydrogens (tertiary/aromatic N) is 4. The van der Waals surface area contributed by atoms with Crippen LogP contribution in [0.1, 0.15) is 12.8 Å². The first-order valence-corrected chi connectivity index (χ1v) is 6.58. The number of carbonyl (C=O) groups is 1. The number of rotatable bonds is 4. The summed E-state index contributed by atoms with van der Waals surface area (Å²) >= 11 is 0. The van der Waals surface area contributed by atoms with E-state index in [-0.39, 0.29) is 29.2 Å². The average Bonchev–Trinajstić information content (AvgIpc) is 2.53. The molecule has 2 heterocycles. The van der Waals surface area contributed by atoms with Crippen molar-refractivity contribution in [3.8, 4) is 0 Å². The zero-order valence-electron chi connectivity index (χ0n) is 11.9. The maximum atomic E-state index is 11.5. The fourth-order valence-electron chi connectivity index (χ4n) is 2.45. The monoisotopic (exact) mass is 295 g/mol. The van der Waals surface area contributed by atoms with Gasteiger partial charge in [0.2, 0.25) is 11.6 Å². The molecule has 0 unspecified atom stereocenters. The molecule has 1 aliphatic rings. The Balaban J connectivity index is 2.21. The summed E-state index contributed by atoms with van der Waals surface area (Å²) < 4.78 is 4.73. The molecular formula is C12H17N5O4. The summed E-state index contributed by atoms with van der Waals surface area (Å²) in [6.07, 6.45) is 2.46. The molecule has 0 aliphatic carbocycles. The topological polar surface area (TPSA) is 110 Å². The van der Waals surface area contributed by atoms with E-state index in [1.807, 2.05) is 0 Å². The summed E-state index contributed by atoms with van der Waals surface area (Å²) in [5.74, 6) is 0.0708. The van der Waals surface area contributed by atoms with Gasteiger partial charge in [-0.15, -0.1) is 0 Å². The lowest BCUT2D eigenvalue weighted by Gasteiger charge is -2.31. The molecule has 2 rings (SSSR count). The predicted molar refractivity (Wildman–Crippen MR) is 75.2 cm³/mol. The summed E-state index contributed by atoms with van der Waals surface area (Å²) in [6.45, 7) is 1.03. The van der Waals surface area contributed by atoms with Gasteiger partial charge in [-0.25, -0.2) is 9.97 Å². The van der Waals surface area contributed by atoms with Gasteiger partial charge >= 0.3 is 11.7 Å². The van der Waals surface area contributed by atoms with Crippen LogP contribution < -0.4 is 10.2 Å². The first kappa shape index (κ1) is 14.9. The molecule has 21 heavy (non-hydrogen) atoms. The van der Waals surface area contributed by atoms with Crippen LogP contribution in [0.5, 0.6) is 0 Å². The van der Waals surface area contributed by atoms with Crippen molar-refractivity contribution in [2.45, 2.75) is 12.8 Å². The Bertz CT molecular complexity index is 542. The van der Waals surface area contributed by atoms with Crippen molar-refractivity contribution in [2.24, 2.45) is 5.92 Å². The number of methoxy groups -OCH3 is 1. The minimum Gasteiger partial charge on any atom is -0.469 e. The summed E-state index contributed by atoms with van der Waals surface area (Å²) in [5, 5.41) is 13.9. The highest BCUT2D eigenvalue weighted by Crippen LogP contribution is 2.33. The third kappa shape index (κ3) is 3.01. The number of carbonyl (C=O) groups excluding carboxylic acids is 1. The van der Waals surface area contributed by atoms with Crippen LogP contribution >= 0.6 is 0 Å². The fraction of sp³-hybridized carbons (Fsp3) is 0.583. The fourth-order valence-corrected chi connectivity index (χ4v) is 2.45. The SMILES string of the molecule is CNc1ncnc(N2CCC(C(=O)OC)CC2)c1[N+](=O)[O-]. The largest absolute Gasteiger partial charge is 0.469 e. The lowest BCUT2D eigenvalue weighted by molar-refractivity contribution is -0.383. The van der Waals surface area contributed by atoms with Gasteiger partial charge < -0.3 is 15.0 Å². The number of hydrogen-bond acceptors (Lipinski definition) is 8. The van der Waals surface area contributed by atoms with Gasteiger partial charge in [0.1, 0.15) is 6.33 Å². The minimum absolute atomic E-state index is 0.142. The van der Waals surface area contributed by atoms with Gasteiger partial charge in [-0.1, -0.05) is 0 Å². The predicted octanol–water partition coefficient (Wildman–Crippen LogP) is 0.816. The molecule has 0 atom stereocenters. The van der Waals surface area contributed by atoms with Crippen LogP contribution in [0.2, 0.25) is 0 Å². The van der Waals surface area contributed by atoms with Crippen molar-refractivity contribution in [3.63, 3.8) is 0 Å². The van der Waals surface area contributed by atoms with Gasteiger partial charge in [0.05, 0.1) is 18.0 Å². The third-order valence-electron chi connectivity index (χ3n) is 3.55. The maximum Gasteiger partial charge on any atom is 0.353 e. The van der Waals surface area contributed by atoms with E-state index in [0.717, 1.165) is 0 Å². The number of hydrogen-bond donors (Lipinski definition) is 1. The lowest BCUT2D eigenvalue weighted by Crippen LogP contribution is -2.37. The Labute approximate surface area is 121 Å². The molecular weight excluding hydrogens is 278 g/mol. The summed E-state index contributed by atoms with van der Waals surface area (Å²) in [6, 6.07) is 0. The number of nitro groups is 1. The molecule has 0 saturated carbocycles. The number of anilines is 2. The van der Waals surface area contributed by atoms with Crippen molar-refractivity contribution in [1.29, 1.82) is 0 Å². The molecule has 9 heteroatoms. The molecule has 0 radical (unpaired) electrons. The molecule has 1 aromatic rings. The van der Waals surface area contributed by atoms with E-state index in [1.165, 1.54) is 13.4 Å². The Morgan fingerprint density at radius 2 is 2.14 bits per heavy atom. The van der Waals surface area contributed by atoms with Crippen LogP contribution in [0.4, 0.5) is 17.3 Å². The van der Waals surface area contributed by atoms with E-state index in [2.05, 4.69) is 15.3 Å². The smallest absolute Gasteiger partial charge is 0.353 e. The maximum absolute atomic E-state index is 11.5. The van der Waals surface area contributed by atoms with Crippen molar-refractivity contribution in [1.82, 2.24) is 9.97 Å². The van der Waals surface area contributed by atoms with E-state index in [1.54, 1.807) is 11.9 Å². The highest BCUT2D eigenvalue weighted by Gasteiger charge is 2.31. The second kappa shape index (κ2) is 6.33. The van der Waals surface area contributed by atoms with E-state index in [9.17, 15) is 14.9 Å². The van der Waals surface area contributed by atoms with Crippen LogP contribution in [-0.2, 0) is 9.53 Å². The number of ether oxygens (including phenoxy) is 1. The Hall–Kier alpha value is -2.45. The number of aromatic nitrogens is 2. The first-order valence-electron chi connectivity index (χ1n) is 6.58. The second-order valence-corrected chi connectivity index (χ2v) is 4.69. The van der Waals surface area contributed by atoms with Gasteiger partial charge in [-0.3, -0.25) is 14.9 Å². The van der Waals surface area contributed by atoms with Crippen LogP contribution in [0, 0.1) is 16.0 Å². The minimum atomic E-state index is -0.492. The van der Waals surface area contributed by atoms with Crippen LogP contribution in [0.3, 0.4) is 0 Å². The number of esters is 1. The van der Waals surface area contributed by atoms with Gasteiger partial charge in [0, 0.05) is 20.1 Å². The molecule has 1 N–H and O–H groups in total. The molecule has 0 aromatic carbocycles. The number of nitrogens with one attached hydrogen (secondary N) is 1. The van der Waals surface area contributed by atoms with Crippen LogP contribution in [-0.4, -0.2) is 48.1 Å². The molecule has 1 aromatic heterocycles. The van der Waals surface area contributed by atoms with Crippen molar-refractivity contribution >= 4 is 23.3 Å². The standard InChI is InChI=1S/C12H17N5O4/c1-13-10-9(17(19)20)11(15-7-14-10)16-5-3-8(4-6-16)12(18)21-2/h7-8H,3-6H2,1-2H3,(H,13,14,15). The van der Waals surface area contributed by atoms with Gasteiger partial charge in [0.25, 0.3) is 0 Å². The van der Waals surface area contributed by atoms with Gasteiger partial charge in [-0.2, -0.15) is 0 Å². The van der Waals surface area contributed by atoms with Crippen LogP contribution in [0.25, 0.3) is 0 Å². The summed E-state index contributed by atoms with van der Waals surface area (Å²) in [7, 11) is 2.94. The molecule has 0 spiro atoms. The molecule has 1 aliphatic heterocycles.